The summed E-state index contributed by atoms with van der Waals surface area (Å²) in [4.78, 5) is 10.6. The Labute approximate surface area is 112 Å². The van der Waals surface area contributed by atoms with Crippen LogP contribution in [0.25, 0.3) is 0 Å². The highest BCUT2D eigenvalue weighted by Crippen LogP contribution is 2.22. The zero-order chi connectivity index (χ0) is 13.8. The zero-order valence-corrected chi connectivity index (χ0v) is 11.2. The fraction of sp³-hybridized carbons (Fsp3) is 0.583. The van der Waals surface area contributed by atoms with E-state index in [-0.39, 0.29) is 11.9 Å². The van der Waals surface area contributed by atoms with Crippen LogP contribution >= 0.6 is 0 Å². The number of methoxy groups -OCH3 is 1. The molecule has 1 saturated heterocycles. The normalized spacial score (nSPS) is 24.5. The molecule has 0 aliphatic carbocycles. The van der Waals surface area contributed by atoms with Crippen LogP contribution in [-0.2, 0) is 4.74 Å². The molecule has 2 rings (SSSR count). The van der Waals surface area contributed by atoms with Gasteiger partial charge in [-0.15, -0.1) is 0 Å². The molecule has 2 heterocycles. The van der Waals surface area contributed by atoms with E-state index in [9.17, 15) is 0 Å². The molecule has 1 fully saturated rings. The molecule has 0 spiro atoms. The van der Waals surface area contributed by atoms with Gasteiger partial charge in [0, 0.05) is 26.4 Å². The third-order valence-corrected chi connectivity index (χ3v) is 3.49. The van der Waals surface area contributed by atoms with E-state index >= 15 is 0 Å². The lowest BCUT2D eigenvalue weighted by atomic mass is 9.96. The summed E-state index contributed by atoms with van der Waals surface area (Å²) >= 11 is 0. The average molecular weight is 265 g/mol. The van der Waals surface area contributed by atoms with Crippen LogP contribution in [0.5, 0.6) is 0 Å². The Morgan fingerprint density at radius 1 is 1.63 bits per heavy atom. The molecule has 2 atom stereocenters. The molecule has 0 amide bonds. The maximum Gasteiger partial charge on any atom is 0.226 e. The topological polar surface area (TPSA) is 96.9 Å². The maximum atomic E-state index is 8.67. The van der Waals surface area contributed by atoms with Gasteiger partial charge in [-0.1, -0.05) is 12.1 Å². The third kappa shape index (κ3) is 2.93. The number of nitrogens with zero attached hydrogens (tertiary/aromatic N) is 4. The monoisotopic (exact) mass is 265 g/mol. The minimum absolute atomic E-state index is 0.0164. The maximum absolute atomic E-state index is 8.67. The summed E-state index contributed by atoms with van der Waals surface area (Å²) in [5.74, 6) is 1.09. The highest BCUT2D eigenvalue weighted by atomic mass is 16.5. The van der Waals surface area contributed by atoms with Gasteiger partial charge >= 0.3 is 0 Å². The van der Waals surface area contributed by atoms with Crippen LogP contribution in [0, 0.1) is 5.92 Å². The fourth-order valence-corrected chi connectivity index (χ4v) is 2.22. The van der Waals surface area contributed by atoms with Crippen molar-refractivity contribution in [3.8, 4) is 0 Å². The van der Waals surface area contributed by atoms with Crippen molar-refractivity contribution in [2.45, 2.75) is 19.4 Å². The minimum Gasteiger partial charge on any atom is -0.409 e. The molecule has 7 nitrogen and oxygen atoms in total. The number of piperidine rings is 1. The third-order valence-electron chi connectivity index (χ3n) is 3.49. The number of aromatic nitrogens is 2. The van der Waals surface area contributed by atoms with Crippen LogP contribution in [0.3, 0.4) is 0 Å². The van der Waals surface area contributed by atoms with Gasteiger partial charge in [0.1, 0.15) is 5.69 Å². The van der Waals surface area contributed by atoms with Gasteiger partial charge in [0.25, 0.3) is 0 Å². The van der Waals surface area contributed by atoms with Crippen LogP contribution in [0.1, 0.15) is 19.0 Å². The van der Waals surface area contributed by atoms with Crippen LogP contribution < -0.4 is 10.6 Å². The summed E-state index contributed by atoms with van der Waals surface area (Å²) < 4.78 is 5.47. The van der Waals surface area contributed by atoms with E-state index < -0.39 is 0 Å². The first-order valence-electron chi connectivity index (χ1n) is 6.24. The van der Waals surface area contributed by atoms with Gasteiger partial charge in [0.15, 0.2) is 5.84 Å². The summed E-state index contributed by atoms with van der Waals surface area (Å²) in [6, 6.07) is 1.61. The minimum atomic E-state index is -0.0164. The molecule has 1 aliphatic heterocycles. The van der Waals surface area contributed by atoms with E-state index in [1.807, 2.05) is 0 Å². The van der Waals surface area contributed by atoms with Gasteiger partial charge in [-0.2, -0.15) is 0 Å². The summed E-state index contributed by atoms with van der Waals surface area (Å²) in [5.41, 5.74) is 5.95. The molecule has 7 heteroatoms. The Bertz CT molecular complexity index is 465. The van der Waals surface area contributed by atoms with E-state index in [1.165, 1.54) is 0 Å². The van der Waals surface area contributed by atoms with Gasteiger partial charge in [-0.25, -0.2) is 9.97 Å². The number of anilines is 1. The summed E-state index contributed by atoms with van der Waals surface area (Å²) in [7, 11) is 1.72. The number of hydrogen-bond donors (Lipinski definition) is 2. The Kier molecular flexibility index (Phi) is 4.16. The second-order valence-electron chi connectivity index (χ2n) is 4.71. The predicted molar refractivity (Wildman–Crippen MR) is 71.3 cm³/mol. The molecule has 0 aromatic carbocycles. The number of hydrogen-bond acceptors (Lipinski definition) is 6. The first-order chi connectivity index (χ1) is 9.15. The lowest BCUT2D eigenvalue weighted by molar-refractivity contribution is 0.0494. The smallest absolute Gasteiger partial charge is 0.226 e. The van der Waals surface area contributed by atoms with Crippen LogP contribution in [-0.4, -0.2) is 47.3 Å². The van der Waals surface area contributed by atoms with E-state index in [1.54, 1.807) is 19.4 Å². The van der Waals surface area contributed by atoms with Crippen molar-refractivity contribution < 1.29 is 9.94 Å². The van der Waals surface area contributed by atoms with E-state index in [4.69, 9.17) is 15.7 Å². The van der Waals surface area contributed by atoms with Crippen molar-refractivity contribution in [1.29, 1.82) is 0 Å². The first kappa shape index (κ1) is 13.5. The highest BCUT2D eigenvalue weighted by molar-refractivity contribution is 5.95. The standard InChI is InChI=1S/C12H19N5O2/c1-8-4-6-17(7-10(8)19-2)12-14-5-3-9(15-12)11(13)16-18/h3,5,8,10,18H,4,6-7H2,1-2H3,(H2,13,16). The van der Waals surface area contributed by atoms with Crippen molar-refractivity contribution in [2.24, 2.45) is 16.8 Å². The van der Waals surface area contributed by atoms with Crippen molar-refractivity contribution in [2.75, 3.05) is 25.1 Å². The van der Waals surface area contributed by atoms with E-state index in [2.05, 4.69) is 26.9 Å². The van der Waals surface area contributed by atoms with Crippen LogP contribution in [0.15, 0.2) is 17.4 Å². The van der Waals surface area contributed by atoms with Crippen molar-refractivity contribution in [3.63, 3.8) is 0 Å². The predicted octanol–water partition coefficient (Wildman–Crippen LogP) is 0.432. The highest BCUT2D eigenvalue weighted by Gasteiger charge is 2.27. The lowest BCUT2D eigenvalue weighted by Gasteiger charge is -2.36. The van der Waals surface area contributed by atoms with Crippen molar-refractivity contribution >= 4 is 11.8 Å². The quantitative estimate of drug-likeness (QED) is 0.356. The molecular formula is C12H19N5O2. The molecule has 2 unspecified atom stereocenters. The second-order valence-corrected chi connectivity index (χ2v) is 4.71. The lowest BCUT2D eigenvalue weighted by Crippen LogP contribution is -2.44. The summed E-state index contributed by atoms with van der Waals surface area (Å²) in [6.07, 6.45) is 2.80. The van der Waals surface area contributed by atoms with Gasteiger partial charge in [0.05, 0.1) is 6.10 Å². The number of amidine groups is 1. The second kappa shape index (κ2) is 5.83. The Hall–Kier alpha value is -1.89. The molecule has 3 N–H and O–H groups in total. The summed E-state index contributed by atoms with van der Waals surface area (Å²) in [6.45, 7) is 3.80. The zero-order valence-electron chi connectivity index (χ0n) is 11.2. The van der Waals surface area contributed by atoms with Gasteiger partial charge in [0.2, 0.25) is 5.95 Å². The SMILES string of the molecule is COC1CN(c2nccc(/C(N)=N/O)n2)CCC1C. The molecule has 19 heavy (non-hydrogen) atoms. The molecule has 104 valence electrons. The Balaban J connectivity index is 2.18. The van der Waals surface area contributed by atoms with E-state index in [0.717, 1.165) is 19.5 Å². The molecular weight excluding hydrogens is 246 g/mol. The molecule has 1 aliphatic rings. The first-order valence-corrected chi connectivity index (χ1v) is 6.24. The molecule has 0 bridgehead atoms. The van der Waals surface area contributed by atoms with Gasteiger partial charge in [-0.3, -0.25) is 0 Å². The molecule has 0 radical (unpaired) electrons. The van der Waals surface area contributed by atoms with Gasteiger partial charge in [-0.05, 0) is 18.4 Å². The molecule has 1 aromatic heterocycles. The Morgan fingerprint density at radius 2 is 2.42 bits per heavy atom. The molecule has 1 aromatic rings. The number of nitrogens with two attached hydrogens (primary N) is 1. The van der Waals surface area contributed by atoms with Crippen molar-refractivity contribution in [1.82, 2.24) is 9.97 Å². The molecule has 0 saturated carbocycles. The average Bonchev–Trinajstić information content (AvgIpc) is 2.47. The number of oxime groups is 1. The van der Waals surface area contributed by atoms with Gasteiger partial charge < -0.3 is 20.6 Å². The largest absolute Gasteiger partial charge is 0.409 e. The summed E-state index contributed by atoms with van der Waals surface area (Å²) in [5, 5.41) is 11.6. The fourth-order valence-electron chi connectivity index (χ4n) is 2.22. The number of rotatable bonds is 3. The van der Waals surface area contributed by atoms with Crippen LogP contribution in [0.4, 0.5) is 5.95 Å². The van der Waals surface area contributed by atoms with Crippen LogP contribution in [0.2, 0.25) is 0 Å². The van der Waals surface area contributed by atoms with E-state index in [0.29, 0.717) is 17.6 Å². The number of ether oxygens (including phenoxy) is 1. The Morgan fingerprint density at radius 3 is 3.11 bits per heavy atom. The van der Waals surface area contributed by atoms with Crippen molar-refractivity contribution in [3.05, 3.63) is 18.0 Å².